The second-order valence-electron chi connectivity index (χ2n) is 10.5. The molecule has 186 valence electrons. The van der Waals surface area contributed by atoms with Gasteiger partial charge in [0, 0.05) is 50.4 Å². The van der Waals surface area contributed by atoms with E-state index in [1.807, 2.05) is 35.2 Å². The van der Waals surface area contributed by atoms with Crippen LogP contribution in [0.4, 0.5) is 0 Å². The number of aromatic hydroxyl groups is 1. The Kier molecular flexibility index (Phi) is 7.54. The van der Waals surface area contributed by atoms with Crippen molar-refractivity contribution in [1.82, 2.24) is 14.7 Å². The molecular weight excluding hydrogens is 434 g/mol. The van der Waals surface area contributed by atoms with Crippen LogP contribution in [0.25, 0.3) is 0 Å². The van der Waals surface area contributed by atoms with E-state index in [0.29, 0.717) is 17.8 Å². The first-order chi connectivity index (χ1) is 17.1. The number of rotatable bonds is 6. The fourth-order valence-corrected chi connectivity index (χ4v) is 6.46. The molecule has 2 bridgehead atoms. The van der Waals surface area contributed by atoms with Gasteiger partial charge in [0.2, 0.25) is 0 Å². The number of hydrogen-bond donors (Lipinski definition) is 1. The Balaban J connectivity index is 1.42. The average molecular weight is 474 g/mol. The lowest BCUT2D eigenvalue weighted by atomic mass is 9.87. The van der Waals surface area contributed by atoms with E-state index in [0.717, 1.165) is 56.7 Å². The van der Waals surface area contributed by atoms with Crippen LogP contribution in [0.3, 0.4) is 0 Å². The average Bonchev–Trinajstić information content (AvgIpc) is 3.15. The van der Waals surface area contributed by atoms with Crippen molar-refractivity contribution in [2.45, 2.75) is 63.1 Å². The highest BCUT2D eigenvalue weighted by Gasteiger charge is 2.39. The number of phenolic OH excluding ortho intramolecular Hbond substituents is 1. The van der Waals surface area contributed by atoms with Crippen LogP contribution in [0.5, 0.6) is 5.75 Å². The summed E-state index contributed by atoms with van der Waals surface area (Å²) in [6.07, 6.45) is 10.4. The van der Waals surface area contributed by atoms with E-state index < -0.39 is 0 Å². The molecule has 3 aliphatic heterocycles. The fraction of sp³-hybridized carbons (Fsp3) is 0.500. The monoisotopic (exact) mass is 473 g/mol. The highest BCUT2D eigenvalue weighted by molar-refractivity contribution is 5.94. The lowest BCUT2D eigenvalue weighted by molar-refractivity contribution is -0.0128. The SMILES string of the molecule is C=CCN1C2CCCC1CN(C(c1ccc(C(=O)N3CCCCCC3)cc1)c1cccc(O)c1)C2. The molecule has 0 aromatic heterocycles. The number of carbonyl (C=O) groups excluding carboxylic acids is 1. The molecule has 3 saturated heterocycles. The zero-order valence-corrected chi connectivity index (χ0v) is 20.8. The molecule has 3 heterocycles. The summed E-state index contributed by atoms with van der Waals surface area (Å²) < 4.78 is 0. The Hall–Kier alpha value is -2.63. The molecule has 0 radical (unpaired) electrons. The van der Waals surface area contributed by atoms with E-state index in [1.165, 1.54) is 37.7 Å². The number of carbonyl (C=O) groups is 1. The van der Waals surface area contributed by atoms with Crippen molar-refractivity contribution in [2.75, 3.05) is 32.7 Å². The van der Waals surface area contributed by atoms with Gasteiger partial charge in [-0.05, 0) is 61.1 Å². The first-order valence-electron chi connectivity index (χ1n) is 13.4. The molecule has 0 spiro atoms. The van der Waals surface area contributed by atoms with Crippen molar-refractivity contribution >= 4 is 5.91 Å². The van der Waals surface area contributed by atoms with Gasteiger partial charge in [-0.1, -0.05) is 49.6 Å². The molecule has 5 heteroatoms. The number of hydrogen-bond acceptors (Lipinski definition) is 4. The molecule has 3 unspecified atom stereocenters. The Morgan fingerprint density at radius 2 is 1.63 bits per heavy atom. The van der Waals surface area contributed by atoms with Crippen molar-refractivity contribution < 1.29 is 9.90 Å². The third-order valence-electron chi connectivity index (χ3n) is 8.16. The number of piperazine rings is 1. The number of nitrogens with zero attached hydrogens (tertiary/aromatic N) is 3. The van der Waals surface area contributed by atoms with Gasteiger partial charge in [-0.25, -0.2) is 0 Å². The van der Waals surface area contributed by atoms with Crippen LogP contribution in [-0.2, 0) is 0 Å². The summed E-state index contributed by atoms with van der Waals surface area (Å²) in [5, 5.41) is 10.3. The Labute approximate surface area is 210 Å². The molecule has 3 aliphatic rings. The van der Waals surface area contributed by atoms with E-state index in [1.54, 1.807) is 6.07 Å². The van der Waals surface area contributed by atoms with Gasteiger partial charge in [0.15, 0.2) is 0 Å². The Morgan fingerprint density at radius 1 is 0.943 bits per heavy atom. The highest BCUT2D eigenvalue weighted by Crippen LogP contribution is 2.37. The van der Waals surface area contributed by atoms with Crippen LogP contribution in [0.1, 0.15) is 72.5 Å². The minimum absolute atomic E-state index is 0.0541. The van der Waals surface area contributed by atoms with Crippen molar-refractivity contribution in [3.05, 3.63) is 77.9 Å². The summed E-state index contributed by atoms with van der Waals surface area (Å²) >= 11 is 0. The normalized spacial score (nSPS) is 24.5. The maximum absolute atomic E-state index is 13.1. The highest BCUT2D eigenvalue weighted by atomic mass is 16.3. The van der Waals surface area contributed by atoms with Crippen LogP contribution >= 0.6 is 0 Å². The van der Waals surface area contributed by atoms with Gasteiger partial charge in [0.1, 0.15) is 5.75 Å². The van der Waals surface area contributed by atoms with Crippen LogP contribution < -0.4 is 0 Å². The van der Waals surface area contributed by atoms with Crippen LogP contribution in [0, 0.1) is 0 Å². The molecule has 0 saturated carbocycles. The first-order valence-corrected chi connectivity index (χ1v) is 13.4. The molecule has 35 heavy (non-hydrogen) atoms. The number of likely N-dealkylation sites (tertiary alicyclic amines) is 2. The van der Waals surface area contributed by atoms with Gasteiger partial charge in [-0.2, -0.15) is 0 Å². The molecule has 5 nitrogen and oxygen atoms in total. The first kappa shape index (κ1) is 24.1. The minimum atomic E-state index is 0.0541. The molecule has 3 fully saturated rings. The van der Waals surface area contributed by atoms with E-state index in [4.69, 9.17) is 0 Å². The van der Waals surface area contributed by atoms with Crippen LogP contribution in [-0.4, -0.2) is 70.5 Å². The molecule has 3 atom stereocenters. The summed E-state index contributed by atoms with van der Waals surface area (Å²) in [6, 6.07) is 17.1. The van der Waals surface area contributed by atoms with E-state index in [9.17, 15) is 9.90 Å². The summed E-state index contributed by atoms with van der Waals surface area (Å²) in [7, 11) is 0. The van der Waals surface area contributed by atoms with Gasteiger partial charge in [-0.15, -0.1) is 6.58 Å². The smallest absolute Gasteiger partial charge is 0.253 e. The predicted molar refractivity (Wildman–Crippen MR) is 141 cm³/mol. The Bertz CT molecular complexity index is 999. The second-order valence-corrected chi connectivity index (χ2v) is 10.5. The van der Waals surface area contributed by atoms with Gasteiger partial charge in [-0.3, -0.25) is 14.6 Å². The van der Waals surface area contributed by atoms with Gasteiger partial charge < -0.3 is 10.0 Å². The molecule has 1 N–H and O–H groups in total. The molecule has 2 aromatic carbocycles. The predicted octanol–water partition coefficient (Wildman–Crippen LogP) is 5.22. The third-order valence-corrected chi connectivity index (χ3v) is 8.16. The molecule has 2 aromatic rings. The van der Waals surface area contributed by atoms with Crippen LogP contribution in [0.2, 0.25) is 0 Å². The maximum atomic E-state index is 13.1. The van der Waals surface area contributed by atoms with Gasteiger partial charge in [0.05, 0.1) is 6.04 Å². The lowest BCUT2D eigenvalue weighted by Crippen LogP contribution is -2.61. The fourth-order valence-electron chi connectivity index (χ4n) is 6.46. The van der Waals surface area contributed by atoms with Crippen molar-refractivity contribution in [3.63, 3.8) is 0 Å². The summed E-state index contributed by atoms with van der Waals surface area (Å²) in [5.41, 5.74) is 3.06. The molecular formula is C30H39N3O2. The number of phenols is 1. The third kappa shape index (κ3) is 5.31. The minimum Gasteiger partial charge on any atom is -0.508 e. The van der Waals surface area contributed by atoms with E-state index in [2.05, 4.69) is 34.6 Å². The van der Waals surface area contributed by atoms with Crippen molar-refractivity contribution in [3.8, 4) is 5.75 Å². The Morgan fingerprint density at radius 3 is 2.26 bits per heavy atom. The number of piperidine rings is 1. The van der Waals surface area contributed by atoms with Crippen molar-refractivity contribution in [1.29, 1.82) is 0 Å². The lowest BCUT2D eigenvalue weighted by Gasteiger charge is -2.52. The number of fused-ring (bicyclic) bond motifs is 2. The quantitative estimate of drug-likeness (QED) is 0.584. The largest absolute Gasteiger partial charge is 0.508 e. The summed E-state index contributed by atoms with van der Waals surface area (Å²) in [6.45, 7) is 8.67. The van der Waals surface area contributed by atoms with Crippen molar-refractivity contribution in [2.24, 2.45) is 0 Å². The van der Waals surface area contributed by atoms with Gasteiger partial charge >= 0.3 is 0 Å². The number of benzene rings is 2. The molecule has 1 amide bonds. The maximum Gasteiger partial charge on any atom is 0.253 e. The second kappa shape index (κ2) is 11.0. The van der Waals surface area contributed by atoms with Crippen LogP contribution in [0.15, 0.2) is 61.2 Å². The standard InChI is InChI=1S/C30H39N3O2/c1-2-17-33-26-10-8-11-27(33)22-32(21-26)29(25-9-7-12-28(34)20-25)23-13-15-24(16-14-23)30(35)31-18-5-3-4-6-19-31/h2,7,9,12-16,20,26-27,29,34H,1,3-6,8,10-11,17-19,21-22H2. The van der Waals surface area contributed by atoms with E-state index in [-0.39, 0.29) is 11.9 Å². The number of amides is 1. The van der Waals surface area contributed by atoms with E-state index >= 15 is 0 Å². The zero-order chi connectivity index (χ0) is 24.2. The summed E-state index contributed by atoms with van der Waals surface area (Å²) in [5.74, 6) is 0.450. The molecule has 5 rings (SSSR count). The molecule has 0 aliphatic carbocycles. The van der Waals surface area contributed by atoms with Gasteiger partial charge in [0.25, 0.3) is 5.91 Å². The zero-order valence-electron chi connectivity index (χ0n) is 20.8. The topological polar surface area (TPSA) is 47.0 Å². The summed E-state index contributed by atoms with van der Waals surface area (Å²) in [4.78, 5) is 20.4.